The summed E-state index contributed by atoms with van der Waals surface area (Å²) < 4.78 is 13.3. The summed E-state index contributed by atoms with van der Waals surface area (Å²) in [6.07, 6.45) is 0. The molecule has 7 heteroatoms. The molecule has 0 aliphatic carbocycles. The number of carbonyl (C=O) groups excluding carboxylic acids is 1. The maximum atomic E-state index is 13.3. The van der Waals surface area contributed by atoms with Gasteiger partial charge in [0.05, 0.1) is 6.04 Å². The molecule has 0 bridgehead atoms. The van der Waals surface area contributed by atoms with Crippen LogP contribution in [-0.2, 0) is 13.1 Å². The van der Waals surface area contributed by atoms with Crippen molar-refractivity contribution < 1.29 is 14.3 Å². The lowest BCUT2D eigenvalue weighted by molar-refractivity contribution is 0.193. The number of phenolic OH excluding ortho intramolecular Hbond substituents is 1. The summed E-state index contributed by atoms with van der Waals surface area (Å²) in [4.78, 5) is 16.2. The van der Waals surface area contributed by atoms with E-state index in [1.165, 1.54) is 12.1 Å². The van der Waals surface area contributed by atoms with Crippen LogP contribution in [-0.4, -0.2) is 41.6 Å². The van der Waals surface area contributed by atoms with Crippen LogP contribution in [0.1, 0.15) is 22.7 Å². The van der Waals surface area contributed by atoms with Crippen LogP contribution in [0.3, 0.4) is 0 Å². The van der Waals surface area contributed by atoms with Crippen molar-refractivity contribution in [3.63, 3.8) is 0 Å². The Hall–Kier alpha value is -2.31. The third-order valence-corrected chi connectivity index (χ3v) is 4.53. The standard InChI is InChI=1S/C19H22FN3O2.ClH/c1-22(2)18(13-4-7-17(24)8-5-13)10-21-19(25)23-11-14-3-6-16(20)9-15(14)12-23;/h3-9,18,24H,10-12H2,1-2H3,(H,21,25);1H. The number of urea groups is 1. The van der Waals surface area contributed by atoms with E-state index >= 15 is 0 Å². The fourth-order valence-corrected chi connectivity index (χ4v) is 3.10. The van der Waals surface area contributed by atoms with E-state index in [0.717, 1.165) is 16.7 Å². The SMILES string of the molecule is CN(C)C(CNC(=O)N1Cc2ccc(F)cc2C1)c1ccc(O)cc1.Cl. The molecule has 26 heavy (non-hydrogen) atoms. The minimum absolute atomic E-state index is 0. The van der Waals surface area contributed by atoms with Crippen molar-refractivity contribution in [3.05, 3.63) is 65.0 Å². The van der Waals surface area contributed by atoms with Crippen LogP contribution >= 0.6 is 12.4 Å². The lowest BCUT2D eigenvalue weighted by atomic mass is 10.1. The Labute approximate surface area is 158 Å². The number of hydrogen-bond donors (Lipinski definition) is 2. The van der Waals surface area contributed by atoms with Crippen LogP contribution in [0.5, 0.6) is 5.75 Å². The molecule has 0 spiro atoms. The maximum Gasteiger partial charge on any atom is 0.318 e. The van der Waals surface area contributed by atoms with Gasteiger partial charge in [-0.3, -0.25) is 0 Å². The summed E-state index contributed by atoms with van der Waals surface area (Å²) in [6, 6.07) is 11.4. The smallest absolute Gasteiger partial charge is 0.318 e. The first-order valence-corrected chi connectivity index (χ1v) is 8.19. The van der Waals surface area contributed by atoms with Gasteiger partial charge in [-0.2, -0.15) is 0 Å². The molecule has 2 aromatic rings. The zero-order chi connectivity index (χ0) is 18.0. The van der Waals surface area contributed by atoms with Gasteiger partial charge in [0, 0.05) is 19.6 Å². The Morgan fingerprint density at radius 1 is 1.19 bits per heavy atom. The molecular formula is C19H23ClFN3O2. The molecular weight excluding hydrogens is 357 g/mol. The number of nitrogens with one attached hydrogen (secondary N) is 1. The van der Waals surface area contributed by atoms with Gasteiger partial charge in [0.2, 0.25) is 0 Å². The second-order valence-corrected chi connectivity index (χ2v) is 6.53. The van der Waals surface area contributed by atoms with E-state index in [-0.39, 0.29) is 36.0 Å². The first-order chi connectivity index (χ1) is 11.9. The highest BCUT2D eigenvalue weighted by molar-refractivity contribution is 5.85. The molecule has 0 saturated carbocycles. The molecule has 2 N–H and O–H groups in total. The van der Waals surface area contributed by atoms with Crippen molar-refractivity contribution in [2.24, 2.45) is 0 Å². The summed E-state index contributed by atoms with van der Waals surface area (Å²) in [5.74, 6) is -0.0617. The molecule has 1 unspecified atom stereocenters. The number of nitrogens with zero attached hydrogens (tertiary/aromatic N) is 2. The van der Waals surface area contributed by atoms with E-state index in [1.54, 1.807) is 23.1 Å². The van der Waals surface area contributed by atoms with Crippen LogP contribution in [0.25, 0.3) is 0 Å². The number of rotatable bonds is 4. The van der Waals surface area contributed by atoms with Crippen molar-refractivity contribution in [2.45, 2.75) is 19.1 Å². The van der Waals surface area contributed by atoms with E-state index < -0.39 is 0 Å². The number of aromatic hydroxyl groups is 1. The lowest BCUT2D eigenvalue weighted by Crippen LogP contribution is -2.41. The largest absolute Gasteiger partial charge is 0.508 e. The first kappa shape index (κ1) is 20.0. The van der Waals surface area contributed by atoms with Crippen LogP contribution in [0, 0.1) is 5.82 Å². The fourth-order valence-electron chi connectivity index (χ4n) is 3.10. The Morgan fingerprint density at radius 2 is 1.85 bits per heavy atom. The van der Waals surface area contributed by atoms with E-state index in [9.17, 15) is 14.3 Å². The molecule has 0 fully saturated rings. The molecule has 1 atom stereocenters. The fraction of sp³-hybridized carbons (Fsp3) is 0.316. The Morgan fingerprint density at radius 3 is 2.50 bits per heavy atom. The molecule has 0 aromatic heterocycles. The molecule has 1 aliphatic rings. The number of hydrogen-bond acceptors (Lipinski definition) is 3. The normalized spacial score (nSPS) is 13.9. The highest BCUT2D eigenvalue weighted by atomic mass is 35.5. The molecule has 3 rings (SSSR count). The van der Waals surface area contributed by atoms with Crippen LogP contribution in [0.4, 0.5) is 9.18 Å². The van der Waals surface area contributed by atoms with E-state index in [1.807, 2.05) is 31.1 Å². The molecule has 1 heterocycles. The van der Waals surface area contributed by atoms with E-state index in [2.05, 4.69) is 5.32 Å². The number of amides is 2. The number of fused-ring (bicyclic) bond motifs is 1. The van der Waals surface area contributed by atoms with E-state index in [0.29, 0.717) is 19.6 Å². The Kier molecular flexibility index (Phi) is 6.45. The van der Waals surface area contributed by atoms with Crippen molar-refractivity contribution >= 4 is 18.4 Å². The number of benzene rings is 2. The number of phenols is 1. The predicted molar refractivity (Wildman–Crippen MR) is 101 cm³/mol. The minimum atomic E-state index is -0.277. The van der Waals surface area contributed by atoms with Gasteiger partial charge in [-0.25, -0.2) is 9.18 Å². The molecule has 1 aliphatic heterocycles. The van der Waals surface area contributed by atoms with Gasteiger partial charge >= 0.3 is 6.03 Å². The first-order valence-electron chi connectivity index (χ1n) is 8.19. The average molecular weight is 380 g/mol. The summed E-state index contributed by atoms with van der Waals surface area (Å²) >= 11 is 0. The Bertz CT molecular complexity index is 768. The third kappa shape index (κ3) is 4.45. The zero-order valence-corrected chi connectivity index (χ0v) is 15.6. The summed E-state index contributed by atoms with van der Waals surface area (Å²) in [7, 11) is 3.89. The van der Waals surface area contributed by atoms with Gasteiger partial charge in [-0.15, -0.1) is 12.4 Å². The van der Waals surface area contributed by atoms with Gasteiger partial charge in [-0.05, 0) is 55.1 Å². The van der Waals surface area contributed by atoms with Crippen molar-refractivity contribution in [1.82, 2.24) is 15.1 Å². The number of likely N-dealkylation sites (N-methyl/N-ethyl adjacent to an activating group) is 1. The van der Waals surface area contributed by atoms with Crippen LogP contribution in [0.2, 0.25) is 0 Å². The predicted octanol–water partition coefficient (Wildman–Crippen LogP) is 3.28. The topological polar surface area (TPSA) is 55.8 Å². The lowest BCUT2D eigenvalue weighted by Gasteiger charge is -2.26. The van der Waals surface area contributed by atoms with E-state index in [4.69, 9.17) is 0 Å². The average Bonchev–Trinajstić information content (AvgIpc) is 2.99. The highest BCUT2D eigenvalue weighted by Gasteiger charge is 2.24. The summed E-state index contributed by atoms with van der Waals surface area (Å²) in [6.45, 7) is 1.36. The second-order valence-electron chi connectivity index (χ2n) is 6.53. The molecule has 140 valence electrons. The van der Waals surface area contributed by atoms with Gasteiger partial charge in [-0.1, -0.05) is 18.2 Å². The number of halogens is 2. The summed E-state index contributed by atoms with van der Waals surface area (Å²) in [5, 5.41) is 12.4. The molecule has 0 saturated heterocycles. The van der Waals surface area contributed by atoms with Gasteiger partial charge in [0.1, 0.15) is 11.6 Å². The van der Waals surface area contributed by atoms with Gasteiger partial charge < -0.3 is 20.2 Å². The Balaban J connectivity index is 0.00000243. The quantitative estimate of drug-likeness (QED) is 0.857. The van der Waals surface area contributed by atoms with Crippen molar-refractivity contribution in [3.8, 4) is 5.75 Å². The monoisotopic (exact) mass is 379 g/mol. The third-order valence-electron chi connectivity index (χ3n) is 4.53. The van der Waals surface area contributed by atoms with Crippen LogP contribution < -0.4 is 5.32 Å². The highest BCUT2D eigenvalue weighted by Crippen LogP contribution is 2.24. The second kappa shape index (κ2) is 8.38. The minimum Gasteiger partial charge on any atom is -0.508 e. The number of carbonyl (C=O) groups is 1. The van der Waals surface area contributed by atoms with Crippen molar-refractivity contribution in [2.75, 3.05) is 20.6 Å². The zero-order valence-electron chi connectivity index (χ0n) is 14.8. The molecule has 0 radical (unpaired) electrons. The molecule has 2 amide bonds. The maximum absolute atomic E-state index is 13.3. The van der Waals surface area contributed by atoms with Crippen LogP contribution in [0.15, 0.2) is 42.5 Å². The summed E-state index contributed by atoms with van der Waals surface area (Å²) in [5.41, 5.74) is 2.85. The van der Waals surface area contributed by atoms with Gasteiger partial charge in [0.25, 0.3) is 0 Å². The van der Waals surface area contributed by atoms with Gasteiger partial charge in [0.15, 0.2) is 0 Å². The van der Waals surface area contributed by atoms with Crippen molar-refractivity contribution in [1.29, 1.82) is 0 Å². The molecule has 2 aromatic carbocycles. The molecule has 5 nitrogen and oxygen atoms in total.